The summed E-state index contributed by atoms with van der Waals surface area (Å²) >= 11 is 0. The van der Waals surface area contributed by atoms with E-state index in [9.17, 15) is 4.79 Å². The van der Waals surface area contributed by atoms with Crippen molar-refractivity contribution in [2.45, 2.75) is 27.2 Å². The monoisotopic (exact) mass is 380 g/mol. The smallest absolute Gasteiger partial charge is 0.275 e. The lowest BCUT2D eigenvalue weighted by Crippen LogP contribution is -2.32. The minimum Gasteiger partial charge on any atom is -0.489 e. The second-order valence-corrected chi connectivity index (χ2v) is 6.33. The van der Waals surface area contributed by atoms with Crippen LogP contribution in [0.4, 0.5) is 0 Å². The van der Waals surface area contributed by atoms with Gasteiger partial charge in [0, 0.05) is 13.1 Å². The molecule has 1 amide bonds. The molecule has 1 aromatic carbocycles. The molecule has 0 aliphatic heterocycles. The molecule has 144 valence electrons. The van der Waals surface area contributed by atoms with Gasteiger partial charge in [-0.2, -0.15) is 5.10 Å². The molecule has 7 heteroatoms. The van der Waals surface area contributed by atoms with E-state index in [2.05, 4.69) is 36.5 Å². The predicted molar refractivity (Wildman–Crippen MR) is 107 cm³/mol. The molecule has 0 bridgehead atoms. The minimum atomic E-state index is -0.216. The molecule has 2 N–H and O–H groups in total. The topological polar surface area (TPSA) is 68.2 Å². The number of para-hydroxylation sites is 1. The Labute approximate surface area is 161 Å². The fourth-order valence-corrected chi connectivity index (χ4v) is 2.24. The maximum atomic E-state index is 12.5. The number of benzene rings is 1. The Morgan fingerprint density at radius 2 is 1.92 bits per heavy atom. The molecule has 0 fully saturated rings. The number of hydrogen-bond acceptors (Lipinski definition) is 4. The summed E-state index contributed by atoms with van der Waals surface area (Å²) < 4.78 is 7.49. The van der Waals surface area contributed by atoms with Gasteiger partial charge in [0.1, 0.15) is 0 Å². The van der Waals surface area contributed by atoms with Crippen LogP contribution in [0.15, 0.2) is 36.5 Å². The lowest BCUT2D eigenvalue weighted by molar-refractivity contribution is 0.0943. The van der Waals surface area contributed by atoms with Gasteiger partial charge in [-0.25, -0.2) is 4.68 Å². The van der Waals surface area contributed by atoms with E-state index in [4.69, 9.17) is 4.74 Å². The molecule has 0 saturated carbocycles. The van der Waals surface area contributed by atoms with Crippen LogP contribution in [-0.4, -0.2) is 41.9 Å². The molecule has 0 unspecified atom stereocenters. The third-order valence-electron chi connectivity index (χ3n) is 3.50. The average molecular weight is 381 g/mol. The van der Waals surface area contributed by atoms with Gasteiger partial charge in [-0.15, -0.1) is 12.4 Å². The normalized spacial score (nSPS) is 10.5. The van der Waals surface area contributed by atoms with E-state index < -0.39 is 0 Å². The van der Waals surface area contributed by atoms with Crippen LogP contribution in [0, 0.1) is 5.92 Å². The van der Waals surface area contributed by atoms with Crippen molar-refractivity contribution in [1.82, 2.24) is 20.4 Å². The lowest BCUT2D eigenvalue weighted by Gasteiger charge is -2.08. The number of halogens is 1. The molecular formula is C19H29ClN4O2. The Kier molecular flexibility index (Phi) is 9.76. The summed E-state index contributed by atoms with van der Waals surface area (Å²) in [7, 11) is 0. The number of carbonyl (C=O) groups excluding carboxylic acids is 1. The van der Waals surface area contributed by atoms with E-state index in [1.165, 1.54) is 0 Å². The van der Waals surface area contributed by atoms with Crippen molar-refractivity contribution < 1.29 is 9.53 Å². The summed E-state index contributed by atoms with van der Waals surface area (Å²) in [4.78, 5) is 12.5. The highest BCUT2D eigenvalue weighted by molar-refractivity contribution is 5.94. The highest BCUT2D eigenvalue weighted by Gasteiger charge is 2.19. The fraction of sp³-hybridized carbons (Fsp3) is 0.474. The molecule has 0 saturated heterocycles. The van der Waals surface area contributed by atoms with Crippen molar-refractivity contribution in [2.75, 3.05) is 26.2 Å². The predicted octanol–water partition coefficient (Wildman–Crippen LogP) is 3.06. The van der Waals surface area contributed by atoms with Gasteiger partial charge in [0.25, 0.3) is 5.91 Å². The maximum absolute atomic E-state index is 12.5. The van der Waals surface area contributed by atoms with Crippen LogP contribution in [0.3, 0.4) is 0 Å². The first kappa shape index (κ1) is 22.0. The Morgan fingerprint density at radius 1 is 1.19 bits per heavy atom. The van der Waals surface area contributed by atoms with Gasteiger partial charge in [0.2, 0.25) is 0 Å². The standard InChI is InChI=1S/C19H28N4O2.ClH/c1-4-10-20-11-12-21-19(24)18-17(25-14-15(2)3)13-23(22-18)16-8-6-5-7-9-16;/h5-9,13,15,20H,4,10-12,14H2,1-3H3,(H,21,24);1H. The third-order valence-corrected chi connectivity index (χ3v) is 3.50. The van der Waals surface area contributed by atoms with Crippen LogP contribution in [-0.2, 0) is 0 Å². The zero-order chi connectivity index (χ0) is 18.1. The molecule has 2 rings (SSSR count). The number of ether oxygens (including phenoxy) is 1. The molecule has 0 aliphatic rings. The Bertz CT molecular complexity index is 659. The van der Waals surface area contributed by atoms with Crippen molar-refractivity contribution in [2.24, 2.45) is 5.92 Å². The Hall–Kier alpha value is -2.05. The lowest BCUT2D eigenvalue weighted by atomic mass is 10.2. The van der Waals surface area contributed by atoms with Crippen LogP contribution < -0.4 is 15.4 Å². The Morgan fingerprint density at radius 3 is 2.58 bits per heavy atom. The summed E-state index contributed by atoms with van der Waals surface area (Å²) in [5.41, 5.74) is 1.21. The quantitative estimate of drug-likeness (QED) is 0.621. The van der Waals surface area contributed by atoms with Crippen molar-refractivity contribution >= 4 is 18.3 Å². The number of nitrogens with one attached hydrogen (secondary N) is 2. The largest absolute Gasteiger partial charge is 0.489 e. The van der Waals surface area contributed by atoms with Crippen LogP contribution in [0.5, 0.6) is 5.75 Å². The number of hydrogen-bond donors (Lipinski definition) is 2. The number of carbonyl (C=O) groups is 1. The second kappa shape index (κ2) is 11.5. The molecule has 2 aromatic rings. The van der Waals surface area contributed by atoms with Crippen LogP contribution in [0.1, 0.15) is 37.7 Å². The molecule has 26 heavy (non-hydrogen) atoms. The number of nitrogens with zero attached hydrogens (tertiary/aromatic N) is 2. The Balaban J connectivity index is 0.00000338. The van der Waals surface area contributed by atoms with E-state index in [0.717, 1.165) is 25.2 Å². The highest BCUT2D eigenvalue weighted by Crippen LogP contribution is 2.20. The first-order valence-electron chi connectivity index (χ1n) is 8.88. The van der Waals surface area contributed by atoms with Gasteiger partial charge >= 0.3 is 0 Å². The van der Waals surface area contributed by atoms with Gasteiger partial charge in [-0.1, -0.05) is 39.0 Å². The molecule has 6 nitrogen and oxygen atoms in total. The minimum absolute atomic E-state index is 0. The molecule has 0 atom stereocenters. The first-order valence-corrected chi connectivity index (χ1v) is 8.88. The van der Waals surface area contributed by atoms with Gasteiger partial charge in [-0.05, 0) is 31.0 Å². The van der Waals surface area contributed by atoms with Crippen LogP contribution in [0.2, 0.25) is 0 Å². The SMILES string of the molecule is CCCNCCNC(=O)c1nn(-c2ccccc2)cc1OCC(C)C.Cl. The zero-order valence-corrected chi connectivity index (χ0v) is 16.5. The fourth-order valence-electron chi connectivity index (χ4n) is 2.24. The number of amides is 1. The van der Waals surface area contributed by atoms with Crippen molar-refractivity contribution in [3.8, 4) is 11.4 Å². The number of aromatic nitrogens is 2. The third kappa shape index (κ3) is 6.69. The van der Waals surface area contributed by atoms with E-state index in [1.807, 2.05) is 30.3 Å². The first-order chi connectivity index (χ1) is 12.1. The second-order valence-electron chi connectivity index (χ2n) is 6.33. The van der Waals surface area contributed by atoms with Crippen LogP contribution in [0.25, 0.3) is 5.69 Å². The maximum Gasteiger partial charge on any atom is 0.275 e. The molecule has 0 radical (unpaired) electrons. The molecule has 0 spiro atoms. The molecular weight excluding hydrogens is 352 g/mol. The number of rotatable bonds is 10. The molecule has 1 aromatic heterocycles. The summed E-state index contributed by atoms with van der Waals surface area (Å²) in [6, 6.07) is 9.70. The van der Waals surface area contributed by atoms with E-state index in [-0.39, 0.29) is 18.3 Å². The molecule has 1 heterocycles. The highest BCUT2D eigenvalue weighted by atomic mass is 35.5. The van der Waals surface area contributed by atoms with E-state index in [1.54, 1.807) is 10.9 Å². The van der Waals surface area contributed by atoms with Gasteiger partial charge in [0.15, 0.2) is 11.4 Å². The van der Waals surface area contributed by atoms with E-state index >= 15 is 0 Å². The summed E-state index contributed by atoms with van der Waals surface area (Å²) in [6.07, 6.45) is 2.84. The molecule has 0 aliphatic carbocycles. The summed E-state index contributed by atoms with van der Waals surface area (Å²) in [5.74, 6) is 0.664. The van der Waals surface area contributed by atoms with Crippen molar-refractivity contribution in [3.63, 3.8) is 0 Å². The van der Waals surface area contributed by atoms with Gasteiger partial charge in [-0.3, -0.25) is 4.79 Å². The van der Waals surface area contributed by atoms with Gasteiger partial charge < -0.3 is 15.4 Å². The van der Waals surface area contributed by atoms with E-state index in [0.29, 0.717) is 30.5 Å². The van der Waals surface area contributed by atoms with Crippen molar-refractivity contribution in [3.05, 3.63) is 42.2 Å². The average Bonchev–Trinajstić information content (AvgIpc) is 3.05. The summed E-state index contributed by atoms with van der Waals surface area (Å²) in [5, 5.41) is 10.6. The van der Waals surface area contributed by atoms with Crippen LogP contribution >= 0.6 is 12.4 Å². The van der Waals surface area contributed by atoms with Gasteiger partial charge in [0.05, 0.1) is 18.5 Å². The summed E-state index contributed by atoms with van der Waals surface area (Å²) in [6.45, 7) is 9.03. The van der Waals surface area contributed by atoms with Crippen molar-refractivity contribution in [1.29, 1.82) is 0 Å². The zero-order valence-electron chi connectivity index (χ0n) is 15.7.